The number of rotatable bonds is 6. The lowest BCUT2D eigenvalue weighted by atomic mass is 9.83. The molecule has 0 bridgehead atoms. The summed E-state index contributed by atoms with van der Waals surface area (Å²) in [6.45, 7) is 2.24. The summed E-state index contributed by atoms with van der Waals surface area (Å²) in [5.74, 6) is 1.91. The lowest BCUT2D eigenvalue weighted by molar-refractivity contribution is 0.292. The average molecular weight is 229 g/mol. The molecular formula is C16H23N. The van der Waals surface area contributed by atoms with E-state index in [2.05, 4.69) is 29.6 Å². The van der Waals surface area contributed by atoms with E-state index in [1.165, 1.54) is 50.6 Å². The second-order valence-electron chi connectivity index (χ2n) is 5.78. The third-order valence-corrected chi connectivity index (χ3v) is 4.28. The molecule has 0 radical (unpaired) electrons. The highest BCUT2D eigenvalue weighted by Gasteiger charge is 2.23. The monoisotopic (exact) mass is 229 g/mol. The Kier molecular flexibility index (Phi) is 3.46. The molecule has 0 amide bonds. The van der Waals surface area contributed by atoms with E-state index in [4.69, 9.17) is 0 Å². The number of hydrogen-bond acceptors (Lipinski definition) is 1. The summed E-state index contributed by atoms with van der Waals surface area (Å²) < 4.78 is 0. The summed E-state index contributed by atoms with van der Waals surface area (Å²) in [7, 11) is 0. The number of nitrogens with one attached hydrogen (secondary N) is 1. The fraction of sp³-hybridized carbons (Fsp3) is 0.625. The fourth-order valence-electron chi connectivity index (χ4n) is 2.69. The highest BCUT2D eigenvalue weighted by atomic mass is 14.8. The van der Waals surface area contributed by atoms with Crippen molar-refractivity contribution in [2.45, 2.75) is 51.0 Å². The molecule has 0 aliphatic heterocycles. The normalized spacial score (nSPS) is 20.2. The van der Waals surface area contributed by atoms with Crippen LogP contribution in [-0.2, 0) is 6.54 Å². The molecule has 1 nitrogen and oxygen atoms in total. The third-order valence-electron chi connectivity index (χ3n) is 4.28. The van der Waals surface area contributed by atoms with Crippen molar-refractivity contribution >= 4 is 0 Å². The summed E-state index contributed by atoms with van der Waals surface area (Å²) in [6, 6.07) is 9.16. The lowest BCUT2D eigenvalue weighted by Crippen LogP contribution is -2.21. The maximum absolute atomic E-state index is 3.59. The van der Waals surface area contributed by atoms with E-state index < -0.39 is 0 Å². The van der Waals surface area contributed by atoms with Crippen molar-refractivity contribution in [1.29, 1.82) is 0 Å². The van der Waals surface area contributed by atoms with Gasteiger partial charge in [-0.25, -0.2) is 0 Å². The van der Waals surface area contributed by atoms with Crippen LogP contribution in [0.25, 0.3) is 0 Å². The van der Waals surface area contributed by atoms with Gasteiger partial charge in [-0.1, -0.05) is 43.5 Å². The topological polar surface area (TPSA) is 12.0 Å². The Bertz CT molecular complexity index is 364. The highest BCUT2D eigenvalue weighted by molar-refractivity contribution is 5.29. The minimum absolute atomic E-state index is 0.880. The van der Waals surface area contributed by atoms with Gasteiger partial charge in [0.25, 0.3) is 0 Å². The average Bonchev–Trinajstić information content (AvgIpc) is 3.10. The van der Waals surface area contributed by atoms with Gasteiger partial charge in [0.15, 0.2) is 0 Å². The molecule has 2 saturated carbocycles. The number of hydrogen-bond donors (Lipinski definition) is 1. The van der Waals surface area contributed by atoms with E-state index >= 15 is 0 Å². The standard InChI is InChI=1S/C16H23N/c1-3-13(4-1)9-10-17-12-14-5-2-6-16(11-14)15-7-8-15/h2,5-6,11,13,15,17H,1,3-4,7-10,12H2. The first-order valence-electron chi connectivity index (χ1n) is 7.21. The Labute approximate surface area is 105 Å². The van der Waals surface area contributed by atoms with Gasteiger partial charge < -0.3 is 5.32 Å². The molecule has 1 aromatic carbocycles. The Morgan fingerprint density at radius 1 is 1.12 bits per heavy atom. The van der Waals surface area contributed by atoms with Crippen LogP contribution in [-0.4, -0.2) is 6.54 Å². The molecule has 3 rings (SSSR count). The minimum atomic E-state index is 0.880. The van der Waals surface area contributed by atoms with E-state index in [9.17, 15) is 0 Å². The molecule has 2 aliphatic rings. The zero-order chi connectivity index (χ0) is 11.5. The quantitative estimate of drug-likeness (QED) is 0.731. The van der Waals surface area contributed by atoms with Crippen molar-refractivity contribution in [3.8, 4) is 0 Å². The van der Waals surface area contributed by atoms with Gasteiger partial charge in [0.2, 0.25) is 0 Å². The van der Waals surface area contributed by atoms with Crippen LogP contribution in [0.2, 0.25) is 0 Å². The van der Waals surface area contributed by atoms with Crippen LogP contribution in [0, 0.1) is 5.92 Å². The van der Waals surface area contributed by atoms with E-state index in [0.717, 1.165) is 18.4 Å². The maximum Gasteiger partial charge on any atom is 0.0205 e. The first kappa shape index (κ1) is 11.3. The highest BCUT2D eigenvalue weighted by Crippen LogP contribution is 2.40. The van der Waals surface area contributed by atoms with Gasteiger partial charge in [0, 0.05) is 6.54 Å². The van der Waals surface area contributed by atoms with Crippen LogP contribution >= 0.6 is 0 Å². The van der Waals surface area contributed by atoms with Crippen molar-refractivity contribution in [1.82, 2.24) is 5.32 Å². The summed E-state index contributed by atoms with van der Waals surface area (Å²) in [5, 5.41) is 3.59. The van der Waals surface area contributed by atoms with Gasteiger partial charge in [-0.15, -0.1) is 0 Å². The second-order valence-corrected chi connectivity index (χ2v) is 5.78. The second kappa shape index (κ2) is 5.22. The molecule has 0 spiro atoms. The van der Waals surface area contributed by atoms with Gasteiger partial charge in [-0.05, 0) is 48.8 Å². The minimum Gasteiger partial charge on any atom is -0.313 e. The molecule has 0 saturated heterocycles. The van der Waals surface area contributed by atoms with Crippen LogP contribution < -0.4 is 5.32 Å². The molecule has 0 atom stereocenters. The van der Waals surface area contributed by atoms with Crippen molar-refractivity contribution in [3.05, 3.63) is 35.4 Å². The summed E-state index contributed by atoms with van der Waals surface area (Å²) in [4.78, 5) is 0. The van der Waals surface area contributed by atoms with Crippen molar-refractivity contribution < 1.29 is 0 Å². The molecule has 0 aromatic heterocycles. The van der Waals surface area contributed by atoms with Crippen LogP contribution in [0.5, 0.6) is 0 Å². The largest absolute Gasteiger partial charge is 0.313 e. The zero-order valence-corrected chi connectivity index (χ0v) is 10.6. The predicted molar refractivity (Wildman–Crippen MR) is 72.1 cm³/mol. The Hall–Kier alpha value is -0.820. The van der Waals surface area contributed by atoms with E-state index in [0.29, 0.717) is 0 Å². The van der Waals surface area contributed by atoms with Gasteiger partial charge in [0.1, 0.15) is 0 Å². The van der Waals surface area contributed by atoms with E-state index in [1.54, 1.807) is 5.56 Å². The van der Waals surface area contributed by atoms with Crippen molar-refractivity contribution in [2.75, 3.05) is 6.54 Å². The fourth-order valence-corrected chi connectivity index (χ4v) is 2.69. The molecule has 1 aromatic rings. The van der Waals surface area contributed by atoms with Gasteiger partial charge in [-0.2, -0.15) is 0 Å². The first-order chi connectivity index (χ1) is 8.42. The Morgan fingerprint density at radius 2 is 2.00 bits per heavy atom. The summed E-state index contributed by atoms with van der Waals surface area (Å²) in [5.41, 5.74) is 3.02. The van der Waals surface area contributed by atoms with E-state index in [1.807, 2.05) is 0 Å². The van der Waals surface area contributed by atoms with Crippen LogP contribution in [0.4, 0.5) is 0 Å². The number of benzene rings is 1. The van der Waals surface area contributed by atoms with Crippen LogP contribution in [0.1, 0.15) is 55.6 Å². The molecular weight excluding hydrogens is 206 g/mol. The summed E-state index contributed by atoms with van der Waals surface area (Å²) >= 11 is 0. The van der Waals surface area contributed by atoms with Crippen LogP contribution in [0.3, 0.4) is 0 Å². The molecule has 2 aliphatic carbocycles. The van der Waals surface area contributed by atoms with Gasteiger partial charge in [-0.3, -0.25) is 0 Å². The predicted octanol–water partition coefficient (Wildman–Crippen LogP) is 3.84. The lowest BCUT2D eigenvalue weighted by Gasteiger charge is -2.25. The SMILES string of the molecule is c1cc(CNCCC2CCC2)cc(C2CC2)c1. The Balaban J connectivity index is 1.42. The van der Waals surface area contributed by atoms with Gasteiger partial charge in [0.05, 0.1) is 0 Å². The van der Waals surface area contributed by atoms with Crippen LogP contribution in [0.15, 0.2) is 24.3 Å². The molecule has 1 heteroatoms. The summed E-state index contributed by atoms with van der Waals surface area (Å²) in [6.07, 6.45) is 8.59. The molecule has 92 valence electrons. The van der Waals surface area contributed by atoms with E-state index in [-0.39, 0.29) is 0 Å². The molecule has 1 N–H and O–H groups in total. The molecule has 0 heterocycles. The molecule has 2 fully saturated rings. The zero-order valence-electron chi connectivity index (χ0n) is 10.6. The van der Waals surface area contributed by atoms with Crippen molar-refractivity contribution in [2.24, 2.45) is 5.92 Å². The maximum atomic E-state index is 3.59. The van der Waals surface area contributed by atoms with Gasteiger partial charge >= 0.3 is 0 Å². The third kappa shape index (κ3) is 3.10. The first-order valence-corrected chi connectivity index (χ1v) is 7.21. The molecule has 0 unspecified atom stereocenters. The smallest absolute Gasteiger partial charge is 0.0205 e. The molecule has 17 heavy (non-hydrogen) atoms. The Morgan fingerprint density at radius 3 is 2.71 bits per heavy atom. The van der Waals surface area contributed by atoms with Crippen molar-refractivity contribution in [3.63, 3.8) is 0 Å².